The van der Waals surface area contributed by atoms with E-state index in [9.17, 15) is 0 Å². The van der Waals surface area contributed by atoms with Crippen molar-refractivity contribution in [3.05, 3.63) is 10.8 Å². The van der Waals surface area contributed by atoms with Gasteiger partial charge in [-0.2, -0.15) is 0 Å². The molecule has 16 heavy (non-hydrogen) atoms. The molecule has 1 aromatic heterocycles. The van der Waals surface area contributed by atoms with E-state index in [1.54, 1.807) is 0 Å². The van der Waals surface area contributed by atoms with Gasteiger partial charge in [-0.1, -0.05) is 0 Å². The third-order valence-electron chi connectivity index (χ3n) is 2.43. The van der Waals surface area contributed by atoms with E-state index in [0.717, 1.165) is 43.0 Å². The molecule has 1 aliphatic heterocycles. The van der Waals surface area contributed by atoms with Crippen molar-refractivity contribution in [1.82, 2.24) is 9.97 Å². The Kier molecular flexibility index (Phi) is 3.92. The lowest BCUT2D eigenvalue weighted by Crippen LogP contribution is -2.27. The summed E-state index contributed by atoms with van der Waals surface area (Å²) in [6.45, 7) is 3.29. The summed E-state index contributed by atoms with van der Waals surface area (Å²) in [4.78, 5) is 10.5. The Hall–Kier alpha value is -0.920. The van der Waals surface area contributed by atoms with Gasteiger partial charge in [-0.3, -0.25) is 0 Å². The van der Waals surface area contributed by atoms with Crippen LogP contribution in [0.1, 0.15) is 6.42 Å². The molecular weight excluding hydrogens is 274 g/mol. The molecule has 1 fully saturated rings. The fraction of sp³-hybridized carbons (Fsp3) is 0.556. The maximum atomic E-state index is 5.40. The number of anilines is 2. The third kappa shape index (κ3) is 2.42. The maximum absolute atomic E-state index is 5.40. The van der Waals surface area contributed by atoms with Gasteiger partial charge < -0.3 is 15.1 Å². The van der Waals surface area contributed by atoms with Crippen molar-refractivity contribution >= 4 is 27.6 Å². The molecule has 7 heteroatoms. The van der Waals surface area contributed by atoms with Gasteiger partial charge in [0.25, 0.3) is 0 Å². The zero-order chi connectivity index (χ0) is 11.4. The molecule has 2 heterocycles. The third-order valence-corrected chi connectivity index (χ3v) is 3.16. The highest BCUT2D eigenvalue weighted by Gasteiger charge is 2.16. The molecule has 1 aliphatic rings. The predicted molar refractivity (Wildman–Crippen MR) is 65.2 cm³/mol. The van der Waals surface area contributed by atoms with Gasteiger partial charge in [-0.15, -0.1) is 0 Å². The van der Waals surface area contributed by atoms with Crippen LogP contribution in [0.15, 0.2) is 10.8 Å². The molecule has 0 unspecified atom stereocenters. The average molecular weight is 288 g/mol. The molecule has 1 aromatic rings. The molecule has 0 aromatic carbocycles. The van der Waals surface area contributed by atoms with E-state index in [4.69, 9.17) is 10.6 Å². The molecule has 88 valence electrons. The molecule has 0 saturated carbocycles. The number of nitrogens with one attached hydrogen (secondary N) is 1. The number of nitrogens with zero attached hydrogens (tertiary/aromatic N) is 3. The van der Waals surface area contributed by atoms with Crippen LogP contribution >= 0.6 is 15.9 Å². The Morgan fingerprint density at radius 2 is 2.25 bits per heavy atom. The van der Waals surface area contributed by atoms with Crippen molar-refractivity contribution in [2.75, 3.05) is 36.6 Å². The van der Waals surface area contributed by atoms with E-state index in [0.29, 0.717) is 5.82 Å². The van der Waals surface area contributed by atoms with Gasteiger partial charge in [0.15, 0.2) is 5.82 Å². The summed E-state index contributed by atoms with van der Waals surface area (Å²) in [6.07, 6.45) is 2.50. The summed E-state index contributed by atoms with van der Waals surface area (Å²) in [5.41, 5.74) is 2.53. The highest BCUT2D eigenvalue weighted by molar-refractivity contribution is 9.10. The minimum Gasteiger partial charge on any atom is -0.380 e. The number of hydrogen-bond donors (Lipinski definition) is 2. The molecule has 0 spiro atoms. The largest absolute Gasteiger partial charge is 0.380 e. The van der Waals surface area contributed by atoms with Crippen LogP contribution in [0.5, 0.6) is 0 Å². The molecule has 0 bridgehead atoms. The van der Waals surface area contributed by atoms with Crippen molar-refractivity contribution in [1.29, 1.82) is 0 Å². The molecule has 0 aliphatic carbocycles. The monoisotopic (exact) mass is 287 g/mol. The average Bonchev–Trinajstić information content (AvgIpc) is 2.58. The topological polar surface area (TPSA) is 76.3 Å². The van der Waals surface area contributed by atoms with Gasteiger partial charge in [0.1, 0.15) is 16.6 Å². The predicted octanol–water partition coefficient (Wildman–Crippen LogP) is 0.751. The first kappa shape index (κ1) is 11.6. The summed E-state index contributed by atoms with van der Waals surface area (Å²) >= 11 is 3.45. The Bertz CT molecular complexity index is 354. The van der Waals surface area contributed by atoms with Crippen LogP contribution in [-0.4, -0.2) is 36.3 Å². The van der Waals surface area contributed by atoms with Crippen LogP contribution in [0.2, 0.25) is 0 Å². The van der Waals surface area contributed by atoms with Crippen molar-refractivity contribution in [3.8, 4) is 0 Å². The molecule has 6 nitrogen and oxygen atoms in total. The minimum atomic E-state index is 0.593. The van der Waals surface area contributed by atoms with Crippen LogP contribution in [0, 0.1) is 0 Å². The van der Waals surface area contributed by atoms with Crippen LogP contribution in [0.3, 0.4) is 0 Å². The van der Waals surface area contributed by atoms with Gasteiger partial charge in [0.2, 0.25) is 0 Å². The van der Waals surface area contributed by atoms with Gasteiger partial charge >= 0.3 is 0 Å². The summed E-state index contributed by atoms with van der Waals surface area (Å²) in [5.74, 6) is 6.81. The zero-order valence-corrected chi connectivity index (χ0v) is 10.4. The SMILES string of the molecule is NNc1ncnc(N2CCCOCC2)c1Br. The van der Waals surface area contributed by atoms with E-state index in [1.807, 2.05) is 0 Å². The van der Waals surface area contributed by atoms with Gasteiger partial charge in [0.05, 0.1) is 6.61 Å². The van der Waals surface area contributed by atoms with Gasteiger partial charge in [-0.05, 0) is 22.4 Å². The van der Waals surface area contributed by atoms with Crippen molar-refractivity contribution in [3.63, 3.8) is 0 Å². The Morgan fingerprint density at radius 1 is 1.38 bits per heavy atom. The fourth-order valence-corrected chi connectivity index (χ4v) is 2.21. The van der Waals surface area contributed by atoms with Crippen molar-refractivity contribution < 1.29 is 4.74 Å². The van der Waals surface area contributed by atoms with Crippen LogP contribution in [0.4, 0.5) is 11.6 Å². The number of aromatic nitrogens is 2. The summed E-state index contributed by atoms with van der Waals surface area (Å²) in [5, 5.41) is 0. The number of hydrazine groups is 1. The van der Waals surface area contributed by atoms with Crippen LogP contribution < -0.4 is 16.2 Å². The second-order valence-electron chi connectivity index (χ2n) is 3.46. The molecule has 3 N–H and O–H groups in total. The van der Waals surface area contributed by atoms with Crippen molar-refractivity contribution in [2.24, 2.45) is 5.84 Å². The maximum Gasteiger partial charge on any atom is 0.159 e. The highest BCUT2D eigenvalue weighted by atomic mass is 79.9. The summed E-state index contributed by atoms with van der Waals surface area (Å²) in [7, 11) is 0. The number of nitrogens with two attached hydrogens (primary N) is 1. The van der Waals surface area contributed by atoms with Gasteiger partial charge in [0, 0.05) is 19.7 Å². The zero-order valence-electron chi connectivity index (χ0n) is 8.82. The molecule has 2 rings (SSSR count). The molecule has 0 radical (unpaired) electrons. The fourth-order valence-electron chi connectivity index (χ4n) is 1.64. The van der Waals surface area contributed by atoms with E-state index < -0.39 is 0 Å². The van der Waals surface area contributed by atoms with E-state index >= 15 is 0 Å². The summed E-state index contributed by atoms with van der Waals surface area (Å²) in [6, 6.07) is 0. The second kappa shape index (κ2) is 5.42. The Morgan fingerprint density at radius 3 is 3.06 bits per heavy atom. The lowest BCUT2D eigenvalue weighted by molar-refractivity contribution is 0.152. The first-order valence-electron chi connectivity index (χ1n) is 5.12. The normalized spacial score (nSPS) is 17.0. The number of halogens is 1. The van der Waals surface area contributed by atoms with Crippen LogP contribution in [0.25, 0.3) is 0 Å². The molecule has 0 atom stereocenters. The Balaban J connectivity index is 2.24. The van der Waals surface area contributed by atoms with Crippen LogP contribution in [-0.2, 0) is 4.74 Å². The Labute approximate surface area is 102 Å². The van der Waals surface area contributed by atoms with E-state index in [-0.39, 0.29) is 0 Å². The quantitative estimate of drug-likeness (QED) is 0.618. The van der Waals surface area contributed by atoms with E-state index in [2.05, 4.69) is 36.2 Å². The number of nitrogen functional groups attached to an aromatic ring is 1. The minimum absolute atomic E-state index is 0.593. The van der Waals surface area contributed by atoms with Gasteiger partial charge in [-0.25, -0.2) is 15.8 Å². The molecule has 0 amide bonds. The smallest absolute Gasteiger partial charge is 0.159 e. The summed E-state index contributed by atoms with van der Waals surface area (Å²) < 4.78 is 6.19. The first-order valence-corrected chi connectivity index (χ1v) is 5.92. The molecular formula is C9H14BrN5O. The second-order valence-corrected chi connectivity index (χ2v) is 4.25. The lowest BCUT2D eigenvalue weighted by Gasteiger charge is -2.22. The number of ether oxygens (including phenoxy) is 1. The standard InChI is InChI=1S/C9H14BrN5O/c10-7-8(14-11)12-6-13-9(7)15-2-1-4-16-5-3-15/h6H,1-5,11H2,(H,12,13,14). The lowest BCUT2D eigenvalue weighted by atomic mass is 10.4. The van der Waals surface area contributed by atoms with E-state index in [1.165, 1.54) is 6.33 Å². The number of hydrogen-bond acceptors (Lipinski definition) is 6. The number of rotatable bonds is 2. The highest BCUT2D eigenvalue weighted by Crippen LogP contribution is 2.29. The van der Waals surface area contributed by atoms with Crippen molar-refractivity contribution in [2.45, 2.75) is 6.42 Å². The first-order chi connectivity index (χ1) is 7.83. The molecule has 1 saturated heterocycles.